The van der Waals surface area contributed by atoms with Gasteiger partial charge in [-0.25, -0.2) is 0 Å². The summed E-state index contributed by atoms with van der Waals surface area (Å²) in [6.07, 6.45) is 3.99. The molecule has 0 saturated heterocycles. The summed E-state index contributed by atoms with van der Waals surface area (Å²) in [6.45, 7) is 2.65. The fourth-order valence-corrected chi connectivity index (χ4v) is 3.31. The Morgan fingerprint density at radius 2 is 1.61 bits per heavy atom. The standard InChI is InChI=1S/C25H26O6/c1-17(26)29-16-25-24(30-18(2)27)14-13-22(31-25)15-23(19-7-5-4-6-8-19)20-9-11-21(28-3)12-10-20/h4-15,22,24-25H,16H2,1-3H3/b23-15+/t22-,24-,25+/m0/s1. The Balaban J connectivity index is 1.92. The maximum absolute atomic E-state index is 11.4. The van der Waals surface area contributed by atoms with Crippen molar-refractivity contribution in [2.75, 3.05) is 13.7 Å². The predicted molar refractivity (Wildman–Crippen MR) is 117 cm³/mol. The van der Waals surface area contributed by atoms with Gasteiger partial charge in [0.15, 0.2) is 0 Å². The van der Waals surface area contributed by atoms with Gasteiger partial charge in [0.2, 0.25) is 0 Å². The predicted octanol–water partition coefficient (Wildman–Crippen LogP) is 3.95. The van der Waals surface area contributed by atoms with Crippen LogP contribution >= 0.6 is 0 Å². The number of hydrogen-bond acceptors (Lipinski definition) is 6. The van der Waals surface area contributed by atoms with E-state index in [4.69, 9.17) is 18.9 Å². The molecule has 0 N–H and O–H groups in total. The molecule has 1 aliphatic rings. The van der Waals surface area contributed by atoms with Gasteiger partial charge in [-0.1, -0.05) is 48.5 Å². The smallest absolute Gasteiger partial charge is 0.303 e. The minimum Gasteiger partial charge on any atom is -0.497 e. The van der Waals surface area contributed by atoms with Gasteiger partial charge in [0.05, 0.1) is 13.2 Å². The highest BCUT2D eigenvalue weighted by molar-refractivity contribution is 5.80. The Morgan fingerprint density at radius 3 is 2.23 bits per heavy atom. The molecular formula is C25H26O6. The lowest BCUT2D eigenvalue weighted by Gasteiger charge is -2.30. The molecule has 0 fully saturated rings. The largest absolute Gasteiger partial charge is 0.497 e. The molecule has 6 heteroatoms. The van der Waals surface area contributed by atoms with E-state index in [2.05, 4.69) is 0 Å². The van der Waals surface area contributed by atoms with Crippen LogP contribution in [0.5, 0.6) is 5.75 Å². The molecule has 162 valence electrons. The highest BCUT2D eigenvalue weighted by atomic mass is 16.6. The zero-order valence-corrected chi connectivity index (χ0v) is 17.8. The molecule has 2 aromatic rings. The molecule has 0 radical (unpaired) electrons. The van der Waals surface area contributed by atoms with E-state index in [0.29, 0.717) is 0 Å². The molecule has 1 aliphatic heterocycles. The van der Waals surface area contributed by atoms with E-state index in [1.165, 1.54) is 13.8 Å². The first kappa shape index (κ1) is 22.3. The van der Waals surface area contributed by atoms with Crippen molar-refractivity contribution in [2.24, 2.45) is 0 Å². The van der Waals surface area contributed by atoms with Crippen molar-refractivity contribution in [1.82, 2.24) is 0 Å². The molecule has 1 heterocycles. The van der Waals surface area contributed by atoms with Crippen LogP contribution in [0.1, 0.15) is 25.0 Å². The van der Waals surface area contributed by atoms with Crippen LogP contribution in [0.4, 0.5) is 0 Å². The Morgan fingerprint density at radius 1 is 0.935 bits per heavy atom. The summed E-state index contributed by atoms with van der Waals surface area (Å²) < 4.78 is 21.8. The maximum Gasteiger partial charge on any atom is 0.303 e. The normalized spacial score (nSPS) is 20.7. The lowest BCUT2D eigenvalue weighted by Crippen LogP contribution is -2.41. The van der Waals surface area contributed by atoms with Crippen LogP contribution in [0, 0.1) is 0 Å². The van der Waals surface area contributed by atoms with Crippen LogP contribution in [0.15, 0.2) is 72.8 Å². The molecule has 0 saturated carbocycles. The van der Waals surface area contributed by atoms with E-state index < -0.39 is 30.3 Å². The summed E-state index contributed by atoms with van der Waals surface area (Å²) in [6, 6.07) is 17.8. The van der Waals surface area contributed by atoms with Gasteiger partial charge in [0, 0.05) is 13.8 Å². The molecule has 0 spiro atoms. The summed E-state index contributed by atoms with van der Waals surface area (Å²) >= 11 is 0. The minimum absolute atomic E-state index is 0.00876. The fraction of sp³-hybridized carbons (Fsp3) is 0.280. The van der Waals surface area contributed by atoms with E-state index in [9.17, 15) is 9.59 Å². The van der Waals surface area contributed by atoms with Crippen LogP contribution in [0.25, 0.3) is 5.57 Å². The zero-order chi connectivity index (χ0) is 22.2. The third kappa shape index (κ3) is 6.30. The molecule has 0 aliphatic carbocycles. The molecular weight excluding hydrogens is 396 g/mol. The lowest BCUT2D eigenvalue weighted by atomic mass is 9.95. The minimum atomic E-state index is -0.623. The number of carbonyl (C=O) groups is 2. The number of methoxy groups -OCH3 is 1. The molecule has 31 heavy (non-hydrogen) atoms. The fourth-order valence-electron chi connectivity index (χ4n) is 3.31. The zero-order valence-electron chi connectivity index (χ0n) is 17.8. The van der Waals surface area contributed by atoms with Gasteiger partial charge in [-0.05, 0) is 41.0 Å². The first-order valence-corrected chi connectivity index (χ1v) is 10.0. The number of ether oxygens (including phenoxy) is 4. The van der Waals surface area contributed by atoms with E-state index >= 15 is 0 Å². The molecule has 3 atom stereocenters. The Hall–Kier alpha value is -3.38. The van der Waals surface area contributed by atoms with Gasteiger partial charge in [-0.15, -0.1) is 0 Å². The molecule has 0 aromatic heterocycles. The number of rotatable bonds is 7. The Bertz CT molecular complexity index is 946. The summed E-state index contributed by atoms with van der Waals surface area (Å²) in [4.78, 5) is 22.7. The third-order valence-corrected chi connectivity index (χ3v) is 4.76. The van der Waals surface area contributed by atoms with Crippen molar-refractivity contribution in [3.63, 3.8) is 0 Å². The molecule has 2 aromatic carbocycles. The highest BCUT2D eigenvalue weighted by Crippen LogP contribution is 2.28. The van der Waals surface area contributed by atoms with E-state index in [0.717, 1.165) is 22.4 Å². The Kier molecular flexibility index (Phi) is 7.62. The number of hydrogen-bond donors (Lipinski definition) is 0. The van der Waals surface area contributed by atoms with Gasteiger partial charge in [-0.3, -0.25) is 9.59 Å². The summed E-state index contributed by atoms with van der Waals surface area (Å²) in [5.41, 5.74) is 3.01. The van der Waals surface area contributed by atoms with E-state index in [1.54, 1.807) is 13.2 Å². The Labute approximate surface area is 182 Å². The summed E-state index contributed by atoms with van der Waals surface area (Å²) in [5, 5.41) is 0. The average Bonchev–Trinajstić information content (AvgIpc) is 2.77. The second kappa shape index (κ2) is 10.6. The van der Waals surface area contributed by atoms with Crippen molar-refractivity contribution in [3.05, 3.63) is 84.0 Å². The SMILES string of the molecule is COc1ccc(/C(=C/[C@@H]2C=C[C@H](OC(C)=O)[C@@H](COC(C)=O)O2)c2ccccc2)cc1. The topological polar surface area (TPSA) is 71.1 Å². The van der Waals surface area contributed by atoms with Crippen LogP contribution < -0.4 is 4.74 Å². The van der Waals surface area contributed by atoms with Crippen LogP contribution in [-0.4, -0.2) is 44.0 Å². The van der Waals surface area contributed by atoms with Gasteiger partial charge >= 0.3 is 11.9 Å². The lowest BCUT2D eigenvalue weighted by molar-refractivity contribution is -0.161. The summed E-state index contributed by atoms with van der Waals surface area (Å²) in [5.74, 6) is -0.0751. The maximum atomic E-state index is 11.4. The van der Waals surface area contributed by atoms with Crippen molar-refractivity contribution >= 4 is 17.5 Å². The van der Waals surface area contributed by atoms with Crippen molar-refractivity contribution in [2.45, 2.75) is 32.2 Å². The first-order chi connectivity index (χ1) is 15.0. The summed E-state index contributed by atoms with van der Waals surface area (Å²) in [7, 11) is 1.63. The molecule has 0 unspecified atom stereocenters. The molecule has 3 rings (SSSR count). The van der Waals surface area contributed by atoms with Crippen molar-refractivity contribution in [1.29, 1.82) is 0 Å². The molecule has 6 nitrogen and oxygen atoms in total. The van der Waals surface area contributed by atoms with Crippen LogP contribution in [-0.2, 0) is 23.8 Å². The number of benzene rings is 2. The highest BCUT2D eigenvalue weighted by Gasteiger charge is 2.30. The second-order valence-corrected chi connectivity index (χ2v) is 7.08. The first-order valence-electron chi connectivity index (χ1n) is 10.0. The van der Waals surface area contributed by atoms with Crippen LogP contribution in [0.3, 0.4) is 0 Å². The van der Waals surface area contributed by atoms with Crippen LogP contribution in [0.2, 0.25) is 0 Å². The third-order valence-electron chi connectivity index (χ3n) is 4.76. The second-order valence-electron chi connectivity index (χ2n) is 7.08. The quantitative estimate of drug-likeness (QED) is 0.497. The van der Waals surface area contributed by atoms with E-state index in [-0.39, 0.29) is 6.61 Å². The van der Waals surface area contributed by atoms with E-state index in [1.807, 2.05) is 66.7 Å². The monoisotopic (exact) mass is 422 g/mol. The number of carbonyl (C=O) groups excluding carboxylic acids is 2. The van der Waals surface area contributed by atoms with Gasteiger partial charge in [0.25, 0.3) is 0 Å². The van der Waals surface area contributed by atoms with Gasteiger partial charge in [0.1, 0.15) is 24.6 Å². The van der Waals surface area contributed by atoms with Crippen molar-refractivity contribution in [3.8, 4) is 5.75 Å². The van der Waals surface area contributed by atoms with Gasteiger partial charge < -0.3 is 18.9 Å². The average molecular weight is 422 g/mol. The van der Waals surface area contributed by atoms with Gasteiger partial charge in [-0.2, -0.15) is 0 Å². The molecule has 0 amide bonds. The molecule has 0 bridgehead atoms. The number of esters is 2. The van der Waals surface area contributed by atoms with Crippen molar-refractivity contribution < 1.29 is 28.5 Å².